The van der Waals surface area contributed by atoms with E-state index in [1.807, 2.05) is 0 Å². The fourth-order valence-electron chi connectivity index (χ4n) is 3.30. The summed E-state index contributed by atoms with van der Waals surface area (Å²) in [6.45, 7) is 4.20. The van der Waals surface area contributed by atoms with Crippen LogP contribution in [-0.2, 0) is 6.54 Å². The molecule has 28 heavy (non-hydrogen) atoms. The number of anilines is 1. The lowest BCUT2D eigenvalue weighted by Gasteiger charge is -2.30. The van der Waals surface area contributed by atoms with Crippen LogP contribution in [0.5, 0.6) is 0 Å². The van der Waals surface area contributed by atoms with Crippen molar-refractivity contribution >= 4 is 27.3 Å². The fraction of sp³-hybridized carbons (Fsp3) is 0.368. The Kier molecular flexibility index (Phi) is 5.08. The van der Waals surface area contributed by atoms with Crippen molar-refractivity contribution in [2.75, 3.05) is 18.0 Å². The zero-order valence-electron chi connectivity index (χ0n) is 15.4. The van der Waals surface area contributed by atoms with Gasteiger partial charge in [-0.15, -0.1) is 5.10 Å². The highest BCUT2D eigenvalue weighted by molar-refractivity contribution is 7.20. The van der Waals surface area contributed by atoms with E-state index in [1.165, 1.54) is 40.6 Å². The smallest absolute Gasteiger partial charge is 0.288 e. The molecule has 1 aromatic carbocycles. The van der Waals surface area contributed by atoms with Crippen LogP contribution < -0.4 is 15.8 Å². The molecule has 1 N–H and O–H groups in total. The summed E-state index contributed by atoms with van der Waals surface area (Å²) in [5.74, 6) is -0.291. The van der Waals surface area contributed by atoms with Crippen LogP contribution in [0.2, 0.25) is 0 Å². The normalized spacial score (nSPS) is 17.1. The molecule has 1 saturated heterocycles. The lowest BCUT2D eigenvalue weighted by atomic mass is 10.0. The molecule has 146 valence electrons. The van der Waals surface area contributed by atoms with Gasteiger partial charge in [0.05, 0.1) is 0 Å². The van der Waals surface area contributed by atoms with Gasteiger partial charge in [-0.25, -0.2) is 9.37 Å². The van der Waals surface area contributed by atoms with Crippen molar-refractivity contribution in [1.29, 1.82) is 0 Å². The number of aromatic nitrogens is 3. The standard InChI is InChI=1S/C19H20FN5O2S/c1-12-3-2-8-24(11-12)19-23-25-17(27)15(10-22-18(25)28-19)16(26)21-9-13-4-6-14(20)7-5-13/h4-7,10,12H,2-3,8-9,11H2,1H3,(H,21,26)/t12-/m0/s1. The molecule has 1 aliphatic heterocycles. The Morgan fingerprint density at radius 3 is 2.89 bits per heavy atom. The van der Waals surface area contributed by atoms with Gasteiger partial charge in [0.25, 0.3) is 11.5 Å². The average molecular weight is 401 g/mol. The Morgan fingerprint density at radius 1 is 1.36 bits per heavy atom. The minimum absolute atomic E-state index is 0.0662. The first-order valence-electron chi connectivity index (χ1n) is 9.18. The number of halogens is 1. The number of piperidine rings is 1. The molecule has 0 radical (unpaired) electrons. The van der Waals surface area contributed by atoms with Crippen LogP contribution in [0.1, 0.15) is 35.7 Å². The van der Waals surface area contributed by atoms with Crippen LogP contribution in [0, 0.1) is 11.7 Å². The number of benzene rings is 1. The van der Waals surface area contributed by atoms with Crippen LogP contribution in [0.4, 0.5) is 9.52 Å². The molecule has 0 unspecified atom stereocenters. The predicted molar refractivity (Wildman–Crippen MR) is 105 cm³/mol. The quantitative estimate of drug-likeness (QED) is 0.727. The number of carbonyl (C=O) groups is 1. The van der Waals surface area contributed by atoms with Crippen molar-refractivity contribution in [1.82, 2.24) is 19.9 Å². The Hall–Kier alpha value is -2.81. The van der Waals surface area contributed by atoms with Crippen LogP contribution in [-0.4, -0.2) is 33.6 Å². The zero-order chi connectivity index (χ0) is 19.7. The molecule has 7 nitrogen and oxygen atoms in total. The van der Waals surface area contributed by atoms with E-state index in [0.717, 1.165) is 30.2 Å². The van der Waals surface area contributed by atoms with Crippen molar-refractivity contribution in [3.05, 3.63) is 57.8 Å². The zero-order valence-corrected chi connectivity index (χ0v) is 16.2. The van der Waals surface area contributed by atoms with Crippen molar-refractivity contribution in [2.24, 2.45) is 5.92 Å². The van der Waals surface area contributed by atoms with Gasteiger partial charge in [-0.1, -0.05) is 30.4 Å². The van der Waals surface area contributed by atoms with Gasteiger partial charge < -0.3 is 10.2 Å². The third-order valence-corrected chi connectivity index (χ3v) is 5.80. The fourth-order valence-corrected chi connectivity index (χ4v) is 4.20. The van der Waals surface area contributed by atoms with Crippen molar-refractivity contribution in [2.45, 2.75) is 26.3 Å². The summed E-state index contributed by atoms with van der Waals surface area (Å²) >= 11 is 1.35. The van der Waals surface area contributed by atoms with Gasteiger partial charge in [0, 0.05) is 25.8 Å². The second kappa shape index (κ2) is 7.67. The summed E-state index contributed by atoms with van der Waals surface area (Å²) in [5, 5.41) is 7.82. The topological polar surface area (TPSA) is 79.6 Å². The predicted octanol–water partition coefficient (Wildman–Crippen LogP) is 2.46. The summed E-state index contributed by atoms with van der Waals surface area (Å²) in [6.07, 6.45) is 3.58. The number of nitrogens with zero attached hydrogens (tertiary/aromatic N) is 4. The molecule has 0 aliphatic carbocycles. The Morgan fingerprint density at radius 2 is 2.14 bits per heavy atom. The summed E-state index contributed by atoms with van der Waals surface area (Å²) < 4.78 is 14.2. The van der Waals surface area contributed by atoms with Gasteiger partial charge in [-0.05, 0) is 36.5 Å². The van der Waals surface area contributed by atoms with E-state index in [2.05, 4.69) is 27.2 Å². The van der Waals surface area contributed by atoms with Crippen molar-refractivity contribution < 1.29 is 9.18 Å². The monoisotopic (exact) mass is 401 g/mol. The molecule has 9 heteroatoms. The molecule has 0 saturated carbocycles. The van der Waals surface area contributed by atoms with E-state index < -0.39 is 11.5 Å². The van der Waals surface area contributed by atoms with Crippen molar-refractivity contribution in [3.8, 4) is 0 Å². The van der Waals surface area contributed by atoms with Crippen LogP contribution in [0.15, 0.2) is 35.3 Å². The molecule has 0 bridgehead atoms. The Balaban J connectivity index is 1.54. The summed E-state index contributed by atoms with van der Waals surface area (Å²) in [7, 11) is 0. The van der Waals surface area contributed by atoms with E-state index in [1.54, 1.807) is 12.1 Å². The highest BCUT2D eigenvalue weighted by Gasteiger charge is 2.22. The summed E-state index contributed by atoms with van der Waals surface area (Å²) in [5.41, 5.74) is 0.177. The highest BCUT2D eigenvalue weighted by atomic mass is 32.1. The SMILES string of the molecule is C[C@H]1CCCN(c2nn3c(=O)c(C(=O)NCc4ccc(F)cc4)cnc3s2)C1. The number of amides is 1. The van der Waals surface area contributed by atoms with Crippen molar-refractivity contribution in [3.63, 3.8) is 0 Å². The molecule has 1 fully saturated rings. The average Bonchev–Trinajstić information content (AvgIpc) is 3.13. The molecule has 4 rings (SSSR count). The minimum Gasteiger partial charge on any atom is -0.348 e. The first-order chi connectivity index (χ1) is 13.5. The second-order valence-corrected chi connectivity index (χ2v) is 7.99. The lowest BCUT2D eigenvalue weighted by molar-refractivity contribution is 0.0948. The highest BCUT2D eigenvalue weighted by Crippen LogP contribution is 2.26. The Bertz CT molecular complexity index is 1060. The van der Waals surface area contributed by atoms with Gasteiger partial charge in [0.1, 0.15) is 11.4 Å². The van der Waals surface area contributed by atoms with Gasteiger partial charge in [-0.2, -0.15) is 4.52 Å². The molecule has 0 spiro atoms. The van der Waals surface area contributed by atoms with E-state index in [-0.39, 0.29) is 17.9 Å². The van der Waals surface area contributed by atoms with E-state index in [4.69, 9.17) is 0 Å². The molecular formula is C19H20FN5O2S. The number of nitrogens with one attached hydrogen (secondary N) is 1. The molecular weight excluding hydrogens is 381 g/mol. The van der Waals surface area contributed by atoms with Gasteiger partial charge in [0.2, 0.25) is 10.1 Å². The molecule has 1 aliphatic rings. The maximum Gasteiger partial charge on any atom is 0.288 e. The molecule has 1 atom stereocenters. The number of hydrogen-bond donors (Lipinski definition) is 1. The molecule has 1 amide bonds. The lowest BCUT2D eigenvalue weighted by Crippen LogP contribution is -2.34. The van der Waals surface area contributed by atoms with Gasteiger partial charge in [0.15, 0.2) is 0 Å². The first kappa shape index (κ1) is 18.5. The van der Waals surface area contributed by atoms with Crippen LogP contribution in [0.3, 0.4) is 0 Å². The second-order valence-electron chi connectivity index (χ2n) is 7.06. The summed E-state index contributed by atoms with van der Waals surface area (Å²) in [4.78, 5) is 32.0. The van der Waals surface area contributed by atoms with E-state index >= 15 is 0 Å². The maximum absolute atomic E-state index is 13.0. The third kappa shape index (κ3) is 3.75. The van der Waals surface area contributed by atoms with Crippen LogP contribution >= 0.6 is 11.3 Å². The molecule has 3 heterocycles. The van der Waals surface area contributed by atoms with Crippen LogP contribution in [0.25, 0.3) is 4.96 Å². The largest absolute Gasteiger partial charge is 0.348 e. The van der Waals surface area contributed by atoms with E-state index in [9.17, 15) is 14.0 Å². The first-order valence-corrected chi connectivity index (χ1v) is 9.99. The van der Waals surface area contributed by atoms with E-state index in [0.29, 0.717) is 10.9 Å². The number of carbonyl (C=O) groups excluding carboxylic acids is 1. The van der Waals surface area contributed by atoms with Gasteiger partial charge in [-0.3, -0.25) is 9.59 Å². The molecule has 3 aromatic rings. The number of fused-ring (bicyclic) bond motifs is 1. The molecule has 2 aromatic heterocycles. The minimum atomic E-state index is -0.530. The van der Waals surface area contributed by atoms with Gasteiger partial charge >= 0.3 is 0 Å². The maximum atomic E-state index is 13.0. The third-order valence-electron chi connectivity index (χ3n) is 4.81. The Labute approximate surface area is 164 Å². The number of rotatable bonds is 4. The number of hydrogen-bond acceptors (Lipinski definition) is 6. The summed E-state index contributed by atoms with van der Waals surface area (Å²) in [6, 6.07) is 5.80.